The standard InChI is InChI=1S/C14H7Cl2FN2O2/c15-10-3-1-7(5-11(10)16)13-18-14(21-19-13)9-6-8(17)2-4-12(9)20/h1-6,20H. The quantitative estimate of drug-likeness (QED) is 0.751. The Morgan fingerprint density at radius 1 is 1.05 bits per heavy atom. The lowest BCUT2D eigenvalue weighted by Crippen LogP contribution is -1.83. The lowest BCUT2D eigenvalue weighted by molar-refractivity contribution is 0.425. The number of halogens is 3. The van der Waals surface area contributed by atoms with Crippen molar-refractivity contribution in [2.45, 2.75) is 0 Å². The summed E-state index contributed by atoms with van der Waals surface area (Å²) >= 11 is 11.8. The van der Waals surface area contributed by atoms with Gasteiger partial charge in [-0.3, -0.25) is 0 Å². The minimum Gasteiger partial charge on any atom is -0.507 e. The van der Waals surface area contributed by atoms with Gasteiger partial charge in [0, 0.05) is 5.56 Å². The summed E-state index contributed by atoms with van der Waals surface area (Å²) < 4.78 is 18.3. The van der Waals surface area contributed by atoms with Crippen LogP contribution in [0.5, 0.6) is 5.75 Å². The van der Waals surface area contributed by atoms with Crippen LogP contribution in [0.2, 0.25) is 10.0 Å². The maximum absolute atomic E-state index is 13.2. The first kappa shape index (κ1) is 13.9. The van der Waals surface area contributed by atoms with Crippen LogP contribution in [-0.4, -0.2) is 15.2 Å². The van der Waals surface area contributed by atoms with Crippen molar-refractivity contribution >= 4 is 23.2 Å². The van der Waals surface area contributed by atoms with Gasteiger partial charge in [-0.25, -0.2) is 4.39 Å². The number of nitrogens with zero attached hydrogens (tertiary/aromatic N) is 2. The Kier molecular flexibility index (Phi) is 3.53. The summed E-state index contributed by atoms with van der Waals surface area (Å²) in [6.45, 7) is 0. The molecule has 0 aliphatic heterocycles. The van der Waals surface area contributed by atoms with E-state index >= 15 is 0 Å². The van der Waals surface area contributed by atoms with Crippen LogP contribution in [0.4, 0.5) is 4.39 Å². The minimum absolute atomic E-state index is 0.00747. The summed E-state index contributed by atoms with van der Waals surface area (Å²) in [5, 5.41) is 14.3. The van der Waals surface area contributed by atoms with E-state index in [-0.39, 0.29) is 23.0 Å². The second-order valence-electron chi connectivity index (χ2n) is 4.21. The van der Waals surface area contributed by atoms with Crippen LogP contribution in [0.15, 0.2) is 40.9 Å². The summed E-state index contributed by atoms with van der Waals surface area (Å²) in [4.78, 5) is 4.12. The number of aromatic hydroxyl groups is 1. The highest BCUT2D eigenvalue weighted by Gasteiger charge is 2.15. The normalized spacial score (nSPS) is 10.8. The summed E-state index contributed by atoms with van der Waals surface area (Å²) in [5.41, 5.74) is 0.712. The van der Waals surface area contributed by atoms with Crippen LogP contribution in [0.3, 0.4) is 0 Å². The van der Waals surface area contributed by atoms with Gasteiger partial charge in [0.2, 0.25) is 5.82 Å². The monoisotopic (exact) mass is 324 g/mol. The molecule has 4 nitrogen and oxygen atoms in total. The van der Waals surface area contributed by atoms with Crippen molar-refractivity contribution in [3.8, 4) is 28.6 Å². The van der Waals surface area contributed by atoms with Gasteiger partial charge in [0.25, 0.3) is 5.89 Å². The molecule has 0 atom stereocenters. The predicted octanol–water partition coefficient (Wildman–Crippen LogP) is 4.56. The molecule has 0 aliphatic rings. The molecule has 0 radical (unpaired) electrons. The molecule has 106 valence electrons. The molecule has 1 heterocycles. The van der Waals surface area contributed by atoms with Crippen molar-refractivity contribution in [2.75, 3.05) is 0 Å². The molecule has 1 N–H and O–H groups in total. The zero-order valence-electron chi connectivity index (χ0n) is 10.3. The van der Waals surface area contributed by atoms with Crippen molar-refractivity contribution in [3.63, 3.8) is 0 Å². The number of phenolic OH excluding ortho intramolecular Hbond substituents is 1. The molecule has 0 spiro atoms. The van der Waals surface area contributed by atoms with E-state index in [1.165, 1.54) is 6.07 Å². The molecule has 3 rings (SSSR count). The third-order valence-electron chi connectivity index (χ3n) is 2.79. The fourth-order valence-electron chi connectivity index (χ4n) is 1.76. The number of phenols is 1. The molecule has 0 saturated carbocycles. The summed E-state index contributed by atoms with van der Waals surface area (Å²) in [6.07, 6.45) is 0. The highest BCUT2D eigenvalue weighted by atomic mass is 35.5. The van der Waals surface area contributed by atoms with Crippen LogP contribution < -0.4 is 0 Å². The SMILES string of the molecule is Oc1ccc(F)cc1-c1nc(-c2ccc(Cl)c(Cl)c2)no1. The Morgan fingerprint density at radius 2 is 1.86 bits per heavy atom. The first-order chi connectivity index (χ1) is 10.0. The fraction of sp³-hybridized carbons (Fsp3) is 0. The van der Waals surface area contributed by atoms with E-state index < -0.39 is 5.82 Å². The minimum atomic E-state index is -0.517. The molecule has 0 amide bonds. The molecule has 3 aromatic rings. The van der Waals surface area contributed by atoms with Crippen molar-refractivity contribution in [1.82, 2.24) is 10.1 Å². The van der Waals surface area contributed by atoms with E-state index in [1.807, 2.05) is 0 Å². The van der Waals surface area contributed by atoms with Crippen LogP contribution in [-0.2, 0) is 0 Å². The maximum Gasteiger partial charge on any atom is 0.262 e. The second kappa shape index (κ2) is 5.35. The molecule has 7 heteroatoms. The largest absolute Gasteiger partial charge is 0.507 e. The van der Waals surface area contributed by atoms with Gasteiger partial charge >= 0.3 is 0 Å². The molecule has 0 fully saturated rings. The summed E-state index contributed by atoms with van der Waals surface area (Å²) in [5.74, 6) is -0.405. The molecule has 0 unspecified atom stereocenters. The molecule has 0 bridgehead atoms. The van der Waals surface area contributed by atoms with E-state index in [1.54, 1.807) is 18.2 Å². The number of hydrogen-bond donors (Lipinski definition) is 1. The lowest BCUT2D eigenvalue weighted by Gasteiger charge is -1.99. The molecule has 21 heavy (non-hydrogen) atoms. The highest BCUT2D eigenvalue weighted by molar-refractivity contribution is 6.42. The van der Waals surface area contributed by atoms with Crippen LogP contribution in [0.1, 0.15) is 0 Å². The molecule has 0 saturated heterocycles. The van der Waals surface area contributed by atoms with Gasteiger partial charge in [0.1, 0.15) is 11.6 Å². The number of hydrogen-bond acceptors (Lipinski definition) is 4. The Balaban J connectivity index is 2.03. The third kappa shape index (κ3) is 2.70. The van der Waals surface area contributed by atoms with Crippen molar-refractivity contribution in [3.05, 3.63) is 52.3 Å². The molecular formula is C14H7Cl2FN2O2. The van der Waals surface area contributed by atoms with Gasteiger partial charge in [-0.15, -0.1) is 0 Å². The lowest BCUT2D eigenvalue weighted by atomic mass is 10.2. The van der Waals surface area contributed by atoms with E-state index in [0.717, 1.165) is 12.1 Å². The predicted molar refractivity (Wildman–Crippen MR) is 76.8 cm³/mol. The van der Waals surface area contributed by atoms with E-state index in [2.05, 4.69) is 10.1 Å². The zero-order chi connectivity index (χ0) is 15.0. The van der Waals surface area contributed by atoms with Gasteiger partial charge in [0.05, 0.1) is 15.6 Å². The van der Waals surface area contributed by atoms with Gasteiger partial charge in [-0.05, 0) is 36.4 Å². The van der Waals surface area contributed by atoms with E-state index in [0.29, 0.717) is 15.6 Å². The van der Waals surface area contributed by atoms with Crippen LogP contribution in [0.25, 0.3) is 22.8 Å². The number of rotatable bonds is 2. The Bertz CT molecular complexity index is 820. The van der Waals surface area contributed by atoms with Crippen LogP contribution in [0, 0.1) is 5.82 Å². The zero-order valence-corrected chi connectivity index (χ0v) is 11.9. The third-order valence-corrected chi connectivity index (χ3v) is 3.53. The van der Waals surface area contributed by atoms with Crippen molar-refractivity contribution in [1.29, 1.82) is 0 Å². The van der Waals surface area contributed by atoms with E-state index in [9.17, 15) is 9.50 Å². The highest BCUT2D eigenvalue weighted by Crippen LogP contribution is 2.31. The maximum atomic E-state index is 13.2. The van der Waals surface area contributed by atoms with Gasteiger partial charge in [-0.2, -0.15) is 4.98 Å². The molecular weight excluding hydrogens is 318 g/mol. The average Bonchev–Trinajstić information content (AvgIpc) is 2.94. The first-order valence-corrected chi connectivity index (χ1v) is 6.58. The Labute approximate surface area is 128 Å². The first-order valence-electron chi connectivity index (χ1n) is 5.82. The number of benzene rings is 2. The van der Waals surface area contributed by atoms with Gasteiger partial charge in [-0.1, -0.05) is 28.4 Å². The topological polar surface area (TPSA) is 59.2 Å². The van der Waals surface area contributed by atoms with Crippen molar-refractivity contribution in [2.24, 2.45) is 0 Å². The molecule has 0 aliphatic carbocycles. The van der Waals surface area contributed by atoms with Crippen LogP contribution >= 0.6 is 23.2 Å². The fourth-order valence-corrected chi connectivity index (χ4v) is 2.06. The Morgan fingerprint density at radius 3 is 2.62 bits per heavy atom. The summed E-state index contributed by atoms with van der Waals surface area (Å²) in [7, 11) is 0. The molecule has 2 aromatic carbocycles. The summed E-state index contributed by atoms with van der Waals surface area (Å²) in [6, 6.07) is 8.33. The number of aromatic nitrogens is 2. The second-order valence-corrected chi connectivity index (χ2v) is 5.03. The molecule has 1 aromatic heterocycles. The average molecular weight is 325 g/mol. The smallest absolute Gasteiger partial charge is 0.262 e. The van der Waals surface area contributed by atoms with Gasteiger partial charge in [0.15, 0.2) is 0 Å². The van der Waals surface area contributed by atoms with E-state index in [4.69, 9.17) is 27.7 Å². The van der Waals surface area contributed by atoms with Gasteiger partial charge < -0.3 is 9.63 Å². The Hall–Kier alpha value is -2.11. The van der Waals surface area contributed by atoms with Crippen molar-refractivity contribution < 1.29 is 14.0 Å².